The maximum atomic E-state index is 13.2. The summed E-state index contributed by atoms with van der Waals surface area (Å²) < 4.78 is 0. The van der Waals surface area contributed by atoms with Crippen molar-refractivity contribution >= 4 is 29.8 Å². The van der Waals surface area contributed by atoms with E-state index in [0.29, 0.717) is 18.1 Å². The molecule has 2 heterocycles. The summed E-state index contributed by atoms with van der Waals surface area (Å²) in [5.41, 5.74) is 0.913. The lowest BCUT2D eigenvalue weighted by molar-refractivity contribution is -0.153. The first-order valence-electron chi connectivity index (χ1n) is 11.2. The molecule has 0 aromatic carbocycles. The van der Waals surface area contributed by atoms with Gasteiger partial charge in [-0.2, -0.15) is 0 Å². The standard InChI is InChI=1S/C22H33N3O3.ClH/c1-21-8-5-13(25-28-14-7-10-23-12-14)11-17(21)24-20(27)19-15-3-4-18(26)22(15,2)9-6-16(19)21;/h14-17,19,23H,3-12H2,1-2H3,(H,24,27);1H/t14-,15+,16+,17?,19+,21-,22+;/m1./s1. The summed E-state index contributed by atoms with van der Waals surface area (Å²) in [4.78, 5) is 31.5. The summed E-state index contributed by atoms with van der Waals surface area (Å²) in [6.07, 6.45) is 7.48. The quantitative estimate of drug-likeness (QED) is 0.669. The van der Waals surface area contributed by atoms with Gasteiger partial charge in [0.05, 0.1) is 5.71 Å². The molecule has 2 N–H and O–H groups in total. The van der Waals surface area contributed by atoms with E-state index in [4.69, 9.17) is 4.84 Å². The van der Waals surface area contributed by atoms with Gasteiger partial charge in [0, 0.05) is 43.2 Å². The van der Waals surface area contributed by atoms with E-state index in [1.54, 1.807) is 0 Å². The fourth-order valence-corrected chi connectivity index (χ4v) is 7.06. The molecule has 7 heteroatoms. The van der Waals surface area contributed by atoms with Crippen LogP contribution in [-0.4, -0.2) is 42.6 Å². The summed E-state index contributed by atoms with van der Waals surface area (Å²) in [5.74, 6) is 1.18. The SMILES string of the molecule is C[C@]12CCC(=NO[C@@H]3CCNC3)CC1NC(=O)[C@@H]1[C@@H]2CC[C@]2(C)C(=O)CC[C@@H]12.Cl. The van der Waals surface area contributed by atoms with Crippen molar-refractivity contribution in [2.24, 2.45) is 33.7 Å². The molecule has 0 spiro atoms. The van der Waals surface area contributed by atoms with E-state index in [9.17, 15) is 9.59 Å². The second kappa shape index (κ2) is 7.52. The molecule has 2 aliphatic heterocycles. The summed E-state index contributed by atoms with van der Waals surface area (Å²) >= 11 is 0. The van der Waals surface area contributed by atoms with E-state index in [-0.39, 0.29) is 53.1 Å². The highest BCUT2D eigenvalue weighted by atomic mass is 35.5. The summed E-state index contributed by atoms with van der Waals surface area (Å²) in [6, 6.07) is 0.139. The van der Waals surface area contributed by atoms with Crippen molar-refractivity contribution < 1.29 is 14.4 Å². The number of carbonyl (C=O) groups is 2. The second-order valence-corrected chi connectivity index (χ2v) is 10.3. The smallest absolute Gasteiger partial charge is 0.223 e. The highest BCUT2D eigenvalue weighted by molar-refractivity contribution is 5.91. The minimum atomic E-state index is -0.272. The van der Waals surface area contributed by atoms with Crippen molar-refractivity contribution in [1.29, 1.82) is 0 Å². The lowest BCUT2D eigenvalue weighted by atomic mass is 9.49. The van der Waals surface area contributed by atoms with Crippen molar-refractivity contribution in [3.63, 3.8) is 0 Å². The van der Waals surface area contributed by atoms with Crippen LogP contribution in [0.4, 0.5) is 0 Å². The van der Waals surface area contributed by atoms with E-state index in [1.807, 2.05) is 0 Å². The van der Waals surface area contributed by atoms with Gasteiger partial charge in [0.25, 0.3) is 0 Å². The average molecular weight is 424 g/mol. The zero-order valence-corrected chi connectivity index (χ0v) is 18.4. The number of Topliss-reactive ketones (excluding diaryl/α,β-unsaturated/α-hetero) is 1. The molecule has 0 radical (unpaired) electrons. The molecule has 0 bridgehead atoms. The first kappa shape index (κ1) is 21.1. The maximum Gasteiger partial charge on any atom is 0.223 e. The predicted molar refractivity (Wildman–Crippen MR) is 113 cm³/mol. The first-order valence-corrected chi connectivity index (χ1v) is 11.2. The Hall–Kier alpha value is -1.14. The van der Waals surface area contributed by atoms with Gasteiger partial charge >= 0.3 is 0 Å². The van der Waals surface area contributed by atoms with Crippen LogP contribution in [0, 0.1) is 28.6 Å². The number of carbonyl (C=O) groups excluding carboxylic acids is 2. The zero-order valence-electron chi connectivity index (χ0n) is 17.5. The van der Waals surface area contributed by atoms with Crippen LogP contribution in [-0.2, 0) is 14.4 Å². The van der Waals surface area contributed by atoms with E-state index in [2.05, 4.69) is 29.6 Å². The Kier molecular flexibility index (Phi) is 5.48. The molecule has 162 valence electrons. The van der Waals surface area contributed by atoms with Gasteiger partial charge in [-0.15, -0.1) is 12.4 Å². The monoisotopic (exact) mass is 423 g/mol. The molecule has 2 saturated heterocycles. The van der Waals surface area contributed by atoms with Gasteiger partial charge in [0.2, 0.25) is 5.91 Å². The van der Waals surface area contributed by atoms with Crippen molar-refractivity contribution in [3.8, 4) is 0 Å². The number of ketones is 1. The molecule has 0 aromatic rings. The molecule has 7 atom stereocenters. The lowest BCUT2D eigenvalue weighted by Crippen LogP contribution is -2.65. The molecule has 1 unspecified atom stereocenters. The number of oxime groups is 1. The number of fused-ring (bicyclic) bond motifs is 5. The molecule has 5 aliphatic rings. The van der Waals surface area contributed by atoms with Gasteiger partial charge in [-0.1, -0.05) is 19.0 Å². The Bertz CT molecular complexity index is 722. The van der Waals surface area contributed by atoms with Crippen molar-refractivity contribution in [2.45, 2.75) is 77.4 Å². The number of hydrogen-bond donors (Lipinski definition) is 2. The van der Waals surface area contributed by atoms with Crippen LogP contribution in [0.5, 0.6) is 0 Å². The topological polar surface area (TPSA) is 79.8 Å². The first-order chi connectivity index (χ1) is 13.4. The van der Waals surface area contributed by atoms with Crippen LogP contribution in [0.1, 0.15) is 65.2 Å². The number of hydrogen-bond acceptors (Lipinski definition) is 5. The van der Waals surface area contributed by atoms with Crippen molar-refractivity contribution in [2.75, 3.05) is 13.1 Å². The minimum absolute atomic E-state index is 0. The molecule has 0 aromatic heterocycles. The summed E-state index contributed by atoms with van der Waals surface area (Å²) in [6.45, 7) is 6.35. The molecule has 3 aliphatic carbocycles. The Morgan fingerprint density at radius 2 is 1.90 bits per heavy atom. The van der Waals surface area contributed by atoms with Crippen molar-refractivity contribution in [3.05, 3.63) is 0 Å². The maximum absolute atomic E-state index is 13.2. The normalized spacial score (nSPS) is 47.7. The van der Waals surface area contributed by atoms with E-state index < -0.39 is 0 Å². The van der Waals surface area contributed by atoms with Gasteiger partial charge in [0.15, 0.2) is 0 Å². The molecular formula is C22H34ClN3O3. The highest BCUT2D eigenvalue weighted by Crippen LogP contribution is 2.61. The number of nitrogens with zero attached hydrogens (tertiary/aromatic N) is 1. The van der Waals surface area contributed by atoms with E-state index >= 15 is 0 Å². The number of piperidine rings is 1. The van der Waals surface area contributed by atoms with Crippen LogP contribution in [0.15, 0.2) is 5.16 Å². The molecule has 6 nitrogen and oxygen atoms in total. The summed E-state index contributed by atoms with van der Waals surface area (Å²) in [5, 5.41) is 11.1. The van der Waals surface area contributed by atoms with Gasteiger partial charge in [-0.05, 0) is 55.9 Å². The van der Waals surface area contributed by atoms with Crippen LogP contribution >= 0.6 is 12.4 Å². The van der Waals surface area contributed by atoms with Crippen molar-refractivity contribution in [1.82, 2.24) is 10.6 Å². The van der Waals surface area contributed by atoms with E-state index in [0.717, 1.165) is 63.7 Å². The van der Waals surface area contributed by atoms with Gasteiger partial charge in [-0.25, -0.2) is 0 Å². The number of nitrogens with one attached hydrogen (secondary N) is 2. The third-order valence-electron chi connectivity index (χ3n) is 8.98. The molecule has 29 heavy (non-hydrogen) atoms. The summed E-state index contributed by atoms with van der Waals surface area (Å²) in [7, 11) is 0. The zero-order chi connectivity index (χ0) is 19.5. The van der Waals surface area contributed by atoms with Gasteiger partial charge < -0.3 is 15.5 Å². The van der Waals surface area contributed by atoms with Gasteiger partial charge in [0.1, 0.15) is 11.9 Å². The third-order valence-corrected chi connectivity index (χ3v) is 8.98. The Morgan fingerprint density at radius 3 is 2.66 bits per heavy atom. The second-order valence-electron chi connectivity index (χ2n) is 10.3. The molecular weight excluding hydrogens is 390 g/mol. The lowest BCUT2D eigenvalue weighted by Gasteiger charge is -2.58. The Balaban J connectivity index is 0.00000205. The van der Waals surface area contributed by atoms with Crippen LogP contribution in [0.25, 0.3) is 0 Å². The van der Waals surface area contributed by atoms with Gasteiger partial charge in [-0.3, -0.25) is 9.59 Å². The molecule has 1 amide bonds. The minimum Gasteiger partial charge on any atom is -0.391 e. The number of rotatable bonds is 2. The Morgan fingerprint density at radius 1 is 1.07 bits per heavy atom. The largest absolute Gasteiger partial charge is 0.391 e. The Labute approximate surface area is 179 Å². The third kappa shape index (κ3) is 3.21. The number of amides is 1. The number of halogens is 1. The van der Waals surface area contributed by atoms with E-state index in [1.165, 1.54) is 0 Å². The molecule has 5 fully saturated rings. The average Bonchev–Trinajstić information content (AvgIpc) is 3.29. The van der Waals surface area contributed by atoms with Crippen LogP contribution < -0.4 is 10.6 Å². The fraction of sp³-hybridized carbons (Fsp3) is 0.864. The van der Waals surface area contributed by atoms with Crippen LogP contribution in [0.2, 0.25) is 0 Å². The predicted octanol–water partition coefficient (Wildman–Crippen LogP) is 2.84. The fourth-order valence-electron chi connectivity index (χ4n) is 7.06. The molecule has 5 rings (SSSR count). The van der Waals surface area contributed by atoms with Crippen LogP contribution in [0.3, 0.4) is 0 Å². The highest BCUT2D eigenvalue weighted by Gasteiger charge is 2.62. The molecule has 3 saturated carbocycles.